The Morgan fingerprint density at radius 1 is 0.763 bits per heavy atom. The van der Waals surface area contributed by atoms with E-state index in [4.69, 9.17) is 14.2 Å². The largest absolute Gasteiger partial charge is 0.462 e. The van der Waals surface area contributed by atoms with Crippen LogP contribution in [0.4, 0.5) is 0 Å². The molecule has 214 valence electrons. The molecule has 0 radical (unpaired) electrons. The van der Waals surface area contributed by atoms with Crippen LogP contribution in [0.3, 0.4) is 0 Å². The highest BCUT2D eigenvalue weighted by Crippen LogP contribution is 2.79. The van der Waals surface area contributed by atoms with Gasteiger partial charge in [-0.2, -0.15) is 0 Å². The molecule has 5 heteroatoms. The van der Waals surface area contributed by atoms with E-state index in [9.17, 15) is 9.59 Å². The van der Waals surface area contributed by atoms with Crippen LogP contribution in [0, 0.1) is 56.7 Å². The molecular formula is C33H52O5. The lowest BCUT2D eigenvalue weighted by molar-refractivity contribution is -0.258. The number of carbonyl (C=O) groups excluding carboxylic acids is 2. The van der Waals surface area contributed by atoms with Gasteiger partial charge in [0.1, 0.15) is 17.8 Å². The lowest BCUT2D eigenvalue weighted by Gasteiger charge is -2.73. The van der Waals surface area contributed by atoms with Crippen LogP contribution in [0.1, 0.15) is 114 Å². The molecule has 1 spiro atoms. The summed E-state index contributed by atoms with van der Waals surface area (Å²) in [6, 6.07) is 0. The monoisotopic (exact) mass is 528 g/mol. The highest BCUT2D eigenvalue weighted by Gasteiger charge is 2.78. The Labute approximate surface area is 230 Å². The molecule has 1 saturated heterocycles. The van der Waals surface area contributed by atoms with Crippen molar-refractivity contribution in [2.75, 3.05) is 6.61 Å². The summed E-state index contributed by atoms with van der Waals surface area (Å²) < 4.78 is 18.5. The topological polar surface area (TPSA) is 61.8 Å². The molecule has 1 aliphatic heterocycles. The Morgan fingerprint density at radius 2 is 1.45 bits per heavy atom. The number of esters is 2. The molecule has 1 heterocycles. The quantitative estimate of drug-likeness (QED) is 0.363. The second-order valence-corrected chi connectivity index (χ2v) is 16.1. The summed E-state index contributed by atoms with van der Waals surface area (Å²) in [7, 11) is 0. The summed E-state index contributed by atoms with van der Waals surface area (Å²) in [5, 5.41) is 0. The van der Waals surface area contributed by atoms with Crippen LogP contribution >= 0.6 is 0 Å². The smallest absolute Gasteiger partial charge is 0.303 e. The normalized spacial score (nSPS) is 56.2. The minimum atomic E-state index is -0.373. The Balaban J connectivity index is 1.35. The van der Waals surface area contributed by atoms with Gasteiger partial charge in [-0.25, -0.2) is 0 Å². The zero-order valence-electron chi connectivity index (χ0n) is 25.4. The summed E-state index contributed by atoms with van der Waals surface area (Å²) in [6.45, 7) is 21.1. The molecule has 6 aliphatic rings. The van der Waals surface area contributed by atoms with Gasteiger partial charge in [-0.1, -0.05) is 41.5 Å². The van der Waals surface area contributed by atoms with Gasteiger partial charge in [0.25, 0.3) is 0 Å². The molecule has 5 nitrogen and oxygen atoms in total. The van der Waals surface area contributed by atoms with Crippen LogP contribution < -0.4 is 0 Å². The van der Waals surface area contributed by atoms with Crippen molar-refractivity contribution in [3.05, 3.63) is 0 Å². The maximum atomic E-state index is 12.2. The van der Waals surface area contributed by atoms with Crippen LogP contribution in [0.2, 0.25) is 0 Å². The van der Waals surface area contributed by atoms with Crippen molar-refractivity contribution < 1.29 is 23.8 Å². The lowest BCUT2D eigenvalue weighted by Crippen LogP contribution is -2.67. The molecule has 5 saturated carbocycles. The Bertz CT molecular complexity index is 1040. The van der Waals surface area contributed by atoms with E-state index in [0.29, 0.717) is 29.6 Å². The van der Waals surface area contributed by atoms with Crippen molar-refractivity contribution >= 4 is 11.9 Å². The Kier molecular flexibility index (Phi) is 5.71. The number of hydrogen-bond donors (Lipinski definition) is 0. The molecule has 0 aromatic heterocycles. The van der Waals surface area contributed by atoms with Crippen molar-refractivity contribution in [2.45, 2.75) is 131 Å². The molecule has 0 aromatic rings. The first kappa shape index (κ1) is 27.1. The first-order chi connectivity index (χ1) is 17.6. The third kappa shape index (κ3) is 3.04. The zero-order chi connectivity index (χ0) is 27.7. The van der Waals surface area contributed by atoms with E-state index >= 15 is 0 Å². The Morgan fingerprint density at radius 3 is 2.11 bits per heavy atom. The van der Waals surface area contributed by atoms with Gasteiger partial charge in [-0.15, -0.1) is 0 Å². The standard InChI is InChI=1S/C33H52O5/c1-19-26-22-10-11-24-29(6)14-13-25(37-20(2)34)28(4,5)23(29)12-15-31(24,8)30(22,7)16-17-33(26)18-36-32(19,9)27(33)38-21(3)35/h19,22-27H,10-18H2,1-9H3/t19-,22?,23?,24?,25?,26?,27+,29?,30+,31?,32+,33?/m0/s1. The highest BCUT2D eigenvalue weighted by atomic mass is 16.6. The van der Waals surface area contributed by atoms with E-state index in [2.05, 4.69) is 48.5 Å². The summed E-state index contributed by atoms with van der Waals surface area (Å²) in [5.74, 6) is 2.53. The van der Waals surface area contributed by atoms with Gasteiger partial charge in [0.2, 0.25) is 0 Å². The summed E-state index contributed by atoms with van der Waals surface area (Å²) >= 11 is 0. The zero-order valence-corrected chi connectivity index (χ0v) is 25.4. The van der Waals surface area contributed by atoms with Gasteiger partial charge < -0.3 is 14.2 Å². The number of ether oxygens (including phenoxy) is 3. The average Bonchev–Trinajstić information content (AvgIpc) is 3.18. The van der Waals surface area contributed by atoms with Crippen LogP contribution in [0.15, 0.2) is 0 Å². The first-order valence-electron chi connectivity index (χ1n) is 15.6. The fourth-order valence-corrected chi connectivity index (χ4v) is 12.9. The molecule has 6 fully saturated rings. The third-order valence-electron chi connectivity index (χ3n) is 14.8. The van der Waals surface area contributed by atoms with Gasteiger partial charge >= 0.3 is 11.9 Å². The predicted molar refractivity (Wildman–Crippen MR) is 146 cm³/mol. The van der Waals surface area contributed by atoms with Crippen LogP contribution in [0.5, 0.6) is 0 Å². The minimum absolute atomic E-state index is 0.00330. The molecule has 0 N–H and O–H groups in total. The van der Waals surface area contributed by atoms with E-state index in [-0.39, 0.29) is 56.8 Å². The van der Waals surface area contributed by atoms with Crippen LogP contribution in [-0.2, 0) is 23.8 Å². The molecular weight excluding hydrogens is 476 g/mol. The van der Waals surface area contributed by atoms with E-state index in [1.807, 2.05) is 0 Å². The van der Waals surface area contributed by atoms with Crippen molar-refractivity contribution in [1.82, 2.24) is 0 Å². The summed E-state index contributed by atoms with van der Waals surface area (Å²) in [6.07, 6.45) is 9.38. The number of fused-ring (bicyclic) bond motifs is 7. The molecule has 0 amide bonds. The fourth-order valence-electron chi connectivity index (χ4n) is 12.9. The first-order valence-corrected chi connectivity index (χ1v) is 15.6. The molecule has 2 bridgehead atoms. The molecule has 12 atom stereocenters. The molecule has 0 aromatic carbocycles. The molecule has 38 heavy (non-hydrogen) atoms. The second-order valence-electron chi connectivity index (χ2n) is 16.1. The summed E-state index contributed by atoms with van der Waals surface area (Å²) in [5.41, 5.74) is 0.420. The molecule has 6 rings (SSSR count). The predicted octanol–water partition coefficient (Wildman–Crippen LogP) is 6.96. The minimum Gasteiger partial charge on any atom is -0.462 e. The second kappa shape index (κ2) is 8.01. The van der Waals surface area contributed by atoms with Gasteiger partial charge in [0.15, 0.2) is 0 Å². The number of hydrogen-bond acceptors (Lipinski definition) is 5. The van der Waals surface area contributed by atoms with E-state index < -0.39 is 0 Å². The van der Waals surface area contributed by atoms with Crippen molar-refractivity contribution in [3.8, 4) is 0 Å². The van der Waals surface area contributed by atoms with Gasteiger partial charge in [-0.05, 0) is 104 Å². The highest BCUT2D eigenvalue weighted by molar-refractivity contribution is 5.67. The fraction of sp³-hybridized carbons (Fsp3) is 0.939. The van der Waals surface area contributed by atoms with Gasteiger partial charge in [0.05, 0.1) is 6.61 Å². The van der Waals surface area contributed by atoms with Crippen molar-refractivity contribution in [3.63, 3.8) is 0 Å². The Hall–Kier alpha value is -1.10. The van der Waals surface area contributed by atoms with Gasteiger partial charge in [-0.3, -0.25) is 9.59 Å². The maximum absolute atomic E-state index is 12.2. The van der Waals surface area contributed by atoms with Crippen LogP contribution in [-0.4, -0.2) is 36.4 Å². The molecule has 5 aliphatic carbocycles. The average molecular weight is 529 g/mol. The van der Waals surface area contributed by atoms with E-state index in [0.717, 1.165) is 25.9 Å². The van der Waals surface area contributed by atoms with Crippen molar-refractivity contribution in [2.24, 2.45) is 56.7 Å². The third-order valence-corrected chi connectivity index (χ3v) is 14.8. The van der Waals surface area contributed by atoms with E-state index in [1.165, 1.54) is 32.1 Å². The molecule has 8 unspecified atom stereocenters. The maximum Gasteiger partial charge on any atom is 0.303 e. The SMILES string of the molecule is CC(=O)OC1CCC2(C)C(CCC3(C)C2CCC2C4[C@H](C)[C@@]5(C)OCC4(CC[C@]23C)[C@@H]5OC(C)=O)C1(C)C. The summed E-state index contributed by atoms with van der Waals surface area (Å²) in [4.78, 5) is 24.2. The van der Waals surface area contributed by atoms with Gasteiger partial charge in [0, 0.05) is 24.7 Å². The van der Waals surface area contributed by atoms with Crippen LogP contribution in [0.25, 0.3) is 0 Å². The number of carbonyl (C=O) groups is 2. The van der Waals surface area contributed by atoms with Crippen molar-refractivity contribution in [1.29, 1.82) is 0 Å². The van der Waals surface area contributed by atoms with E-state index in [1.54, 1.807) is 13.8 Å². The number of rotatable bonds is 2. The lowest BCUT2D eigenvalue weighted by atomic mass is 9.32.